The van der Waals surface area contributed by atoms with Crippen molar-refractivity contribution in [2.75, 3.05) is 29.7 Å². The molecule has 0 aliphatic carbocycles. The number of fused-ring (bicyclic) bond motifs is 2. The third-order valence-corrected chi connectivity index (χ3v) is 8.04. The molecule has 5 aromatic rings. The summed E-state index contributed by atoms with van der Waals surface area (Å²) < 4.78 is 46.1. The third kappa shape index (κ3) is 5.40. The Kier molecular flexibility index (Phi) is 6.72. The van der Waals surface area contributed by atoms with E-state index in [9.17, 15) is 13.2 Å². The molecule has 0 spiro atoms. The van der Waals surface area contributed by atoms with Crippen molar-refractivity contribution < 1.29 is 22.0 Å². The lowest BCUT2D eigenvalue weighted by atomic mass is 10.0. The molecule has 14 heteroatoms. The zero-order valence-corrected chi connectivity index (χ0v) is 22.8. The van der Waals surface area contributed by atoms with Crippen LogP contribution >= 0.6 is 0 Å². The minimum atomic E-state index is -3.81. The number of hydrogen-bond donors (Lipinski definition) is 3. The molecule has 0 unspecified atom stereocenters. The van der Waals surface area contributed by atoms with Crippen molar-refractivity contribution in [3.05, 3.63) is 59.0 Å². The quantitative estimate of drug-likeness (QED) is 0.241. The van der Waals surface area contributed by atoms with Crippen LogP contribution in [0.4, 0.5) is 11.7 Å². The minimum absolute atomic E-state index is 0.0599. The number of nitrogens with zero attached hydrogens (tertiary/aromatic N) is 4. The van der Waals surface area contributed by atoms with Gasteiger partial charge in [0.15, 0.2) is 16.2 Å². The standard InChI is InChI=1S/C26H29N7O6S/c1-3-37-21-10-16(11-22-24(21)30-26(34)39-22)13-33-8-6-17(7-9-33)28-25-29-19-12-18(4-5-20(19)38-25)31-40(35,36)23-14-32(2)15-27-23/h4-5,10-12,14-15,17,31H,3,6-9,13H2,1-2H3,(H,28,29)(H,30,34). The van der Waals surface area contributed by atoms with Gasteiger partial charge in [-0.05, 0) is 55.7 Å². The number of H-pyrrole nitrogens is 1. The SMILES string of the molecule is CCOc1cc(CN2CCC(Nc3nc4cc(NS(=O)(=O)c5cn(C)cn5)ccc4o3)CC2)cc2oc(=O)[nH]c12. The number of ether oxygens (including phenoxy) is 1. The Morgan fingerprint density at radius 3 is 2.73 bits per heavy atom. The van der Waals surface area contributed by atoms with E-state index in [2.05, 4.69) is 29.9 Å². The van der Waals surface area contributed by atoms with E-state index in [0.717, 1.165) is 31.5 Å². The fourth-order valence-electron chi connectivity index (χ4n) is 4.89. The summed E-state index contributed by atoms with van der Waals surface area (Å²) in [5.74, 6) is 0.113. The van der Waals surface area contributed by atoms with Crippen LogP contribution in [0.1, 0.15) is 25.3 Å². The Bertz CT molecular complexity index is 1830. The van der Waals surface area contributed by atoms with Gasteiger partial charge in [-0.25, -0.2) is 9.78 Å². The van der Waals surface area contributed by atoms with Crippen molar-refractivity contribution in [3.8, 4) is 5.75 Å². The van der Waals surface area contributed by atoms with Crippen LogP contribution in [0.3, 0.4) is 0 Å². The molecule has 0 amide bonds. The normalized spacial score (nSPS) is 15.2. The number of anilines is 2. The molecular formula is C26H29N7O6S. The highest BCUT2D eigenvalue weighted by Gasteiger charge is 2.22. The molecule has 6 rings (SSSR count). The van der Waals surface area contributed by atoms with Gasteiger partial charge in [-0.1, -0.05) is 0 Å². The largest absolute Gasteiger partial charge is 0.492 e. The van der Waals surface area contributed by atoms with Crippen LogP contribution in [0.25, 0.3) is 22.2 Å². The van der Waals surface area contributed by atoms with Crippen molar-refractivity contribution in [1.29, 1.82) is 0 Å². The maximum atomic E-state index is 12.6. The Morgan fingerprint density at radius 2 is 1.98 bits per heavy atom. The first-order chi connectivity index (χ1) is 19.3. The second kappa shape index (κ2) is 10.4. The van der Waals surface area contributed by atoms with E-state index in [-0.39, 0.29) is 11.1 Å². The first-order valence-corrected chi connectivity index (χ1v) is 14.4. The van der Waals surface area contributed by atoms with Gasteiger partial charge in [-0.3, -0.25) is 14.6 Å². The zero-order valence-electron chi connectivity index (χ0n) is 22.0. The molecule has 210 valence electrons. The lowest BCUT2D eigenvalue weighted by molar-refractivity contribution is 0.210. The number of aryl methyl sites for hydroxylation is 1. The van der Waals surface area contributed by atoms with Crippen LogP contribution in [-0.2, 0) is 23.6 Å². The summed E-state index contributed by atoms with van der Waals surface area (Å²) in [5, 5.41) is 3.31. The highest BCUT2D eigenvalue weighted by Crippen LogP contribution is 2.28. The van der Waals surface area contributed by atoms with Gasteiger partial charge >= 0.3 is 5.76 Å². The van der Waals surface area contributed by atoms with Crippen LogP contribution in [0, 0.1) is 0 Å². The van der Waals surface area contributed by atoms with Crippen molar-refractivity contribution in [1.82, 2.24) is 24.4 Å². The summed E-state index contributed by atoms with van der Waals surface area (Å²) in [6.07, 6.45) is 4.63. The lowest BCUT2D eigenvalue weighted by Gasteiger charge is -2.32. The maximum absolute atomic E-state index is 12.6. The van der Waals surface area contributed by atoms with E-state index in [1.165, 1.54) is 12.5 Å². The maximum Gasteiger partial charge on any atom is 0.417 e. The molecule has 1 aliphatic heterocycles. The van der Waals surface area contributed by atoms with Gasteiger partial charge in [0.05, 0.1) is 18.6 Å². The third-order valence-electron chi connectivity index (χ3n) is 6.77. The molecule has 3 N–H and O–H groups in total. The first-order valence-electron chi connectivity index (χ1n) is 12.9. The van der Waals surface area contributed by atoms with Crippen LogP contribution in [0.5, 0.6) is 5.75 Å². The first kappa shape index (κ1) is 26.0. The summed E-state index contributed by atoms with van der Waals surface area (Å²) in [4.78, 5) is 25.1. The fourth-order valence-corrected chi connectivity index (χ4v) is 5.92. The molecule has 0 radical (unpaired) electrons. The van der Waals surface area contributed by atoms with E-state index in [1.54, 1.807) is 29.8 Å². The number of likely N-dealkylation sites (tertiary alicyclic amines) is 1. The van der Waals surface area contributed by atoms with Gasteiger partial charge in [0.1, 0.15) is 16.8 Å². The number of oxazole rings is 2. The molecule has 1 saturated heterocycles. The number of hydrogen-bond acceptors (Lipinski definition) is 10. The molecule has 4 heterocycles. The fraction of sp³-hybridized carbons (Fsp3) is 0.346. The average molecular weight is 568 g/mol. The van der Waals surface area contributed by atoms with E-state index >= 15 is 0 Å². The second-order valence-electron chi connectivity index (χ2n) is 9.79. The summed E-state index contributed by atoms with van der Waals surface area (Å²) >= 11 is 0. The van der Waals surface area contributed by atoms with Crippen molar-refractivity contribution >= 4 is 43.9 Å². The molecule has 0 bridgehead atoms. The summed E-state index contributed by atoms with van der Waals surface area (Å²) in [6, 6.07) is 9.35. The number of aromatic amines is 1. The van der Waals surface area contributed by atoms with Gasteiger partial charge < -0.3 is 23.5 Å². The van der Waals surface area contributed by atoms with Crippen molar-refractivity contribution in [3.63, 3.8) is 0 Å². The van der Waals surface area contributed by atoms with E-state index in [1.807, 2.05) is 19.1 Å². The van der Waals surface area contributed by atoms with E-state index in [4.69, 9.17) is 13.6 Å². The molecule has 2 aromatic carbocycles. The zero-order chi connectivity index (χ0) is 27.9. The van der Waals surface area contributed by atoms with Gasteiger partial charge in [-0.2, -0.15) is 13.4 Å². The average Bonchev–Trinajstić information content (AvgIpc) is 3.62. The van der Waals surface area contributed by atoms with Crippen LogP contribution in [0.15, 0.2) is 61.5 Å². The number of nitrogens with one attached hydrogen (secondary N) is 3. The minimum Gasteiger partial charge on any atom is -0.492 e. The second-order valence-corrected chi connectivity index (χ2v) is 11.4. The lowest BCUT2D eigenvalue weighted by Crippen LogP contribution is -2.38. The molecule has 1 fully saturated rings. The van der Waals surface area contributed by atoms with Gasteiger partial charge in [0.2, 0.25) is 0 Å². The molecule has 13 nitrogen and oxygen atoms in total. The summed E-state index contributed by atoms with van der Waals surface area (Å²) in [6.45, 7) is 4.81. The number of sulfonamides is 1. The van der Waals surface area contributed by atoms with Crippen LogP contribution in [0.2, 0.25) is 0 Å². The molecule has 0 saturated carbocycles. The predicted molar refractivity (Wildman–Crippen MR) is 148 cm³/mol. The molecule has 0 atom stereocenters. The Balaban J connectivity index is 1.07. The number of aromatic nitrogens is 4. The number of rotatable bonds is 9. The van der Waals surface area contributed by atoms with Crippen LogP contribution in [-0.4, -0.2) is 58.6 Å². The number of benzene rings is 2. The molecule has 3 aromatic heterocycles. The number of piperidine rings is 1. The Morgan fingerprint density at radius 1 is 1.15 bits per heavy atom. The molecular weight excluding hydrogens is 538 g/mol. The number of imidazole rings is 1. The molecule has 1 aliphatic rings. The van der Waals surface area contributed by atoms with E-state index in [0.29, 0.717) is 52.8 Å². The van der Waals surface area contributed by atoms with E-state index < -0.39 is 15.8 Å². The summed E-state index contributed by atoms with van der Waals surface area (Å²) in [5.41, 5.74) is 3.55. The van der Waals surface area contributed by atoms with Gasteiger partial charge in [0.25, 0.3) is 16.0 Å². The van der Waals surface area contributed by atoms with Crippen LogP contribution < -0.4 is 20.5 Å². The van der Waals surface area contributed by atoms with Gasteiger partial charge in [-0.15, -0.1) is 0 Å². The van der Waals surface area contributed by atoms with Gasteiger partial charge in [0, 0.05) is 38.9 Å². The Hall–Kier alpha value is -4.30. The monoisotopic (exact) mass is 567 g/mol. The van der Waals surface area contributed by atoms with Crippen molar-refractivity contribution in [2.45, 2.75) is 37.4 Å². The molecule has 40 heavy (non-hydrogen) atoms. The Labute approximate surface area is 229 Å². The van der Waals surface area contributed by atoms with Crippen molar-refractivity contribution in [2.24, 2.45) is 7.05 Å². The highest BCUT2D eigenvalue weighted by molar-refractivity contribution is 7.92. The smallest absolute Gasteiger partial charge is 0.417 e. The predicted octanol–water partition coefficient (Wildman–Crippen LogP) is 3.27. The topological polar surface area (TPSA) is 161 Å². The summed E-state index contributed by atoms with van der Waals surface area (Å²) in [7, 11) is -2.10. The highest BCUT2D eigenvalue weighted by atomic mass is 32.2.